The predicted octanol–water partition coefficient (Wildman–Crippen LogP) is 4.79. The van der Waals surface area contributed by atoms with Crippen LogP contribution in [-0.4, -0.2) is 48.4 Å². The van der Waals surface area contributed by atoms with Gasteiger partial charge in [-0.15, -0.1) is 12.4 Å². The van der Waals surface area contributed by atoms with Crippen molar-refractivity contribution in [1.29, 1.82) is 5.41 Å². The van der Waals surface area contributed by atoms with Gasteiger partial charge < -0.3 is 24.8 Å². The topological polar surface area (TPSA) is 94.9 Å². The first kappa shape index (κ1) is 28.4. The Morgan fingerprint density at radius 1 is 1.20 bits per heavy atom. The maximum absolute atomic E-state index is 15.3. The first-order valence-corrected chi connectivity index (χ1v) is 11.5. The maximum Gasteiger partial charge on any atom is 0.197 e. The summed E-state index contributed by atoms with van der Waals surface area (Å²) < 4.78 is 26.3. The first-order chi connectivity index (χ1) is 16.0. The largest absolute Gasteiger partial charge is 0.507 e. The third-order valence-electron chi connectivity index (χ3n) is 5.79. The lowest BCUT2D eigenvalue weighted by molar-refractivity contribution is 0.0962. The van der Waals surface area contributed by atoms with Crippen LogP contribution in [0.15, 0.2) is 18.2 Å². The van der Waals surface area contributed by atoms with Crippen LogP contribution in [0, 0.1) is 11.2 Å². The fourth-order valence-electron chi connectivity index (χ4n) is 4.18. The summed E-state index contributed by atoms with van der Waals surface area (Å²) >= 11 is 0. The Morgan fingerprint density at radius 3 is 2.43 bits per heavy atom. The molecule has 0 unspecified atom stereocenters. The van der Waals surface area contributed by atoms with E-state index in [1.54, 1.807) is 44.0 Å². The molecule has 192 valence electrons. The van der Waals surface area contributed by atoms with Crippen molar-refractivity contribution in [3.8, 4) is 17.2 Å². The van der Waals surface area contributed by atoms with Crippen molar-refractivity contribution in [2.45, 2.75) is 53.1 Å². The summed E-state index contributed by atoms with van der Waals surface area (Å²) in [4.78, 5) is 14.8. The van der Waals surface area contributed by atoms with Crippen LogP contribution in [0.1, 0.15) is 67.2 Å². The van der Waals surface area contributed by atoms with Crippen molar-refractivity contribution >= 4 is 24.0 Å². The lowest BCUT2D eigenvalue weighted by atomic mass is 9.83. The number of nitrogens with zero attached hydrogens (tertiary/aromatic N) is 1. The molecule has 0 spiro atoms. The number of aromatic hydroxyl groups is 1. The summed E-state index contributed by atoms with van der Waals surface area (Å²) in [6.45, 7) is 10.6. The van der Waals surface area contributed by atoms with Crippen LogP contribution in [0.3, 0.4) is 0 Å². The average molecular weight is 508 g/mol. The number of phenolic OH excluding ortho intramolecular Hbond substituents is 1. The molecule has 2 aromatic carbocycles. The highest BCUT2D eigenvalue weighted by atomic mass is 35.5. The molecule has 0 radical (unpaired) electrons. The molecule has 0 bridgehead atoms. The second-order valence-electron chi connectivity index (χ2n) is 9.36. The monoisotopic (exact) mass is 507 g/mol. The van der Waals surface area contributed by atoms with E-state index < -0.39 is 5.82 Å². The van der Waals surface area contributed by atoms with E-state index in [4.69, 9.17) is 14.9 Å². The lowest BCUT2D eigenvalue weighted by Crippen LogP contribution is -2.31. The van der Waals surface area contributed by atoms with Gasteiger partial charge in [-0.25, -0.2) is 4.39 Å². The van der Waals surface area contributed by atoms with E-state index in [-0.39, 0.29) is 66.2 Å². The van der Waals surface area contributed by atoms with Crippen molar-refractivity contribution < 1.29 is 23.8 Å². The van der Waals surface area contributed by atoms with Crippen LogP contribution < -0.4 is 14.8 Å². The Morgan fingerprint density at radius 2 is 1.86 bits per heavy atom. The molecular weight excluding hydrogens is 473 g/mol. The number of nitrogens with one attached hydrogen (secondary N) is 2. The fraction of sp³-hybridized carbons (Fsp3) is 0.462. The van der Waals surface area contributed by atoms with Crippen LogP contribution in [0.25, 0.3) is 0 Å². The van der Waals surface area contributed by atoms with E-state index in [9.17, 15) is 9.90 Å². The molecule has 0 saturated heterocycles. The van der Waals surface area contributed by atoms with Gasteiger partial charge in [-0.1, -0.05) is 20.8 Å². The van der Waals surface area contributed by atoms with Gasteiger partial charge in [0, 0.05) is 29.8 Å². The summed E-state index contributed by atoms with van der Waals surface area (Å²) in [6, 6.07) is 5.08. The second kappa shape index (κ2) is 11.3. The molecule has 1 aliphatic heterocycles. The molecule has 3 N–H and O–H groups in total. The smallest absolute Gasteiger partial charge is 0.197 e. The molecule has 0 aliphatic carbocycles. The third-order valence-corrected chi connectivity index (χ3v) is 5.79. The number of carbonyl (C=O) groups excluding carboxylic acids is 1. The summed E-state index contributed by atoms with van der Waals surface area (Å²) in [5, 5.41) is 22.3. The van der Waals surface area contributed by atoms with Crippen molar-refractivity contribution in [3.05, 3.63) is 51.8 Å². The molecule has 0 fully saturated rings. The standard InChI is InChI=1S/C26H34FN3O4.ClH/c1-7-33-20-11-17-13-30(25(28)21(17)22(27)24(20)34-8-2)14-19(31)15-9-16(12-29-6)23(32)18(10-15)26(3,4)5;/h9-11,28-29,32H,7-8,12-14H2,1-6H3;1H. The van der Waals surface area contributed by atoms with Crippen LogP contribution in [0.4, 0.5) is 4.39 Å². The number of halogens is 2. The lowest BCUT2D eigenvalue weighted by Gasteiger charge is -2.24. The molecule has 9 heteroatoms. The zero-order chi connectivity index (χ0) is 25.2. The molecule has 35 heavy (non-hydrogen) atoms. The van der Waals surface area contributed by atoms with E-state index >= 15 is 4.39 Å². The van der Waals surface area contributed by atoms with E-state index in [1.807, 2.05) is 20.8 Å². The van der Waals surface area contributed by atoms with Gasteiger partial charge in [-0.05, 0) is 50.1 Å². The van der Waals surface area contributed by atoms with Gasteiger partial charge in [-0.2, -0.15) is 0 Å². The molecule has 3 rings (SSSR count). The Bertz CT molecular complexity index is 1110. The summed E-state index contributed by atoms with van der Waals surface area (Å²) in [5.41, 5.74) is 2.11. The maximum atomic E-state index is 15.3. The Hall–Kier alpha value is -2.84. The van der Waals surface area contributed by atoms with Gasteiger partial charge in [0.1, 0.15) is 11.6 Å². The quantitative estimate of drug-likeness (QED) is 0.422. The number of Topliss-reactive ketones (excluding diaryl/α,β-unsaturated/α-hetero) is 1. The number of rotatable bonds is 9. The molecule has 1 aliphatic rings. The van der Waals surface area contributed by atoms with Crippen molar-refractivity contribution in [2.24, 2.45) is 0 Å². The number of phenols is 1. The minimum atomic E-state index is -0.640. The van der Waals surface area contributed by atoms with Gasteiger partial charge in [-0.3, -0.25) is 10.2 Å². The number of fused-ring (bicyclic) bond motifs is 1. The van der Waals surface area contributed by atoms with Gasteiger partial charge in [0.05, 0.1) is 25.3 Å². The minimum Gasteiger partial charge on any atom is -0.507 e. The predicted molar refractivity (Wildman–Crippen MR) is 137 cm³/mol. The Labute approximate surface area is 212 Å². The molecule has 2 aromatic rings. The number of benzene rings is 2. The number of hydrogen-bond donors (Lipinski definition) is 3. The number of ketones is 1. The minimum absolute atomic E-state index is 0. The van der Waals surface area contributed by atoms with E-state index in [0.29, 0.717) is 41.2 Å². The highest BCUT2D eigenvalue weighted by Gasteiger charge is 2.33. The van der Waals surface area contributed by atoms with E-state index in [0.717, 1.165) is 0 Å². The molecule has 0 saturated carbocycles. The van der Waals surface area contributed by atoms with Gasteiger partial charge in [0.15, 0.2) is 23.1 Å². The SMILES string of the molecule is CCOc1cc2c(c(F)c1OCC)C(=N)N(CC(=O)c1cc(CNC)c(O)c(C(C)(C)C)c1)C2.Cl. The van der Waals surface area contributed by atoms with E-state index in [1.165, 1.54) is 0 Å². The van der Waals surface area contributed by atoms with Crippen LogP contribution in [-0.2, 0) is 18.5 Å². The van der Waals surface area contributed by atoms with Crippen LogP contribution in [0.2, 0.25) is 0 Å². The first-order valence-electron chi connectivity index (χ1n) is 11.5. The molecule has 7 nitrogen and oxygen atoms in total. The van der Waals surface area contributed by atoms with Crippen molar-refractivity contribution in [2.75, 3.05) is 26.8 Å². The van der Waals surface area contributed by atoms with Crippen LogP contribution >= 0.6 is 12.4 Å². The summed E-state index contributed by atoms with van der Waals surface area (Å²) in [7, 11) is 1.77. The van der Waals surface area contributed by atoms with Crippen LogP contribution in [0.5, 0.6) is 17.2 Å². The Kier molecular flexibility index (Phi) is 9.14. The molecular formula is C26H35ClFN3O4. The summed E-state index contributed by atoms with van der Waals surface area (Å²) in [5.74, 6) is -0.448. The van der Waals surface area contributed by atoms with E-state index in [2.05, 4.69) is 5.32 Å². The highest BCUT2D eigenvalue weighted by Crippen LogP contribution is 2.39. The van der Waals surface area contributed by atoms with Gasteiger partial charge in [0.2, 0.25) is 0 Å². The fourth-order valence-corrected chi connectivity index (χ4v) is 4.18. The highest BCUT2D eigenvalue weighted by molar-refractivity contribution is 6.06. The molecule has 0 amide bonds. The number of carbonyl (C=O) groups is 1. The van der Waals surface area contributed by atoms with Gasteiger partial charge >= 0.3 is 0 Å². The molecule has 0 aromatic heterocycles. The van der Waals surface area contributed by atoms with Gasteiger partial charge in [0.25, 0.3) is 0 Å². The molecule has 0 atom stereocenters. The normalized spacial score (nSPS) is 12.9. The van der Waals surface area contributed by atoms with Crippen molar-refractivity contribution in [3.63, 3.8) is 0 Å². The van der Waals surface area contributed by atoms with Crippen molar-refractivity contribution in [1.82, 2.24) is 10.2 Å². The average Bonchev–Trinajstić information content (AvgIpc) is 3.06. The molecule has 1 heterocycles. The zero-order valence-corrected chi connectivity index (χ0v) is 22.0. The second-order valence-corrected chi connectivity index (χ2v) is 9.36. The Balaban J connectivity index is 0.00000432. The number of ether oxygens (including phenoxy) is 2. The number of amidine groups is 1. The zero-order valence-electron chi connectivity index (χ0n) is 21.2. The summed E-state index contributed by atoms with van der Waals surface area (Å²) in [6.07, 6.45) is 0. The third kappa shape index (κ3) is 5.70. The number of hydrogen-bond acceptors (Lipinski definition) is 6.